The summed E-state index contributed by atoms with van der Waals surface area (Å²) in [6.07, 6.45) is 16.6. The highest BCUT2D eigenvalue weighted by Crippen LogP contribution is 2.13. The molecule has 0 aliphatic carbocycles. The Hall–Kier alpha value is -0.870. The van der Waals surface area contributed by atoms with Gasteiger partial charge in [0.2, 0.25) is 0 Å². The van der Waals surface area contributed by atoms with Gasteiger partial charge in [-0.05, 0) is 55.5 Å². The van der Waals surface area contributed by atoms with E-state index >= 15 is 0 Å². The molecule has 0 unspecified atom stereocenters. The second-order valence-electron chi connectivity index (χ2n) is 9.30. The first-order valence-electron chi connectivity index (χ1n) is 12.6. The summed E-state index contributed by atoms with van der Waals surface area (Å²) in [6, 6.07) is 5.78. The number of aryl methyl sites for hydroxylation is 1. The van der Waals surface area contributed by atoms with Gasteiger partial charge in [-0.1, -0.05) is 82.9 Å². The van der Waals surface area contributed by atoms with Crippen LogP contribution in [0.4, 0.5) is 0 Å². The summed E-state index contributed by atoms with van der Waals surface area (Å²) >= 11 is 3.25. The number of unbranched alkanes of at least 4 members (excludes halogenated alkanes) is 10. The van der Waals surface area contributed by atoms with Crippen LogP contribution < -0.4 is 0 Å². The SMILES string of the molecule is CCCCCCCC[N+](C)(CC#CBr)CCCCCCCC.Cc1ccc(S(=O)(=O)[O-])cc1. The quantitative estimate of drug-likeness (QED) is 0.0943. The third kappa shape index (κ3) is 18.2. The Morgan fingerprint density at radius 2 is 1.24 bits per heavy atom. The molecule has 0 amide bonds. The number of halogens is 1. The highest BCUT2D eigenvalue weighted by Gasteiger charge is 2.19. The molecule has 4 nitrogen and oxygen atoms in total. The molecule has 0 N–H and O–H groups in total. The molecule has 0 saturated carbocycles. The Balaban J connectivity index is 0.000000771. The molecule has 1 rings (SSSR count). The van der Waals surface area contributed by atoms with Crippen molar-refractivity contribution in [3.63, 3.8) is 0 Å². The molecule has 0 aliphatic heterocycles. The predicted octanol–water partition coefficient (Wildman–Crippen LogP) is 7.41. The zero-order valence-corrected chi connectivity index (χ0v) is 23.8. The van der Waals surface area contributed by atoms with Gasteiger partial charge in [0.05, 0.1) is 25.0 Å². The van der Waals surface area contributed by atoms with Crippen molar-refractivity contribution in [2.45, 2.75) is 103 Å². The number of rotatable bonds is 16. The fourth-order valence-corrected chi connectivity index (χ4v) is 4.34. The van der Waals surface area contributed by atoms with Crippen molar-refractivity contribution >= 4 is 26.0 Å². The van der Waals surface area contributed by atoms with E-state index in [0.717, 1.165) is 16.6 Å². The summed E-state index contributed by atoms with van der Waals surface area (Å²) in [4.78, 5) is 2.73. The maximum Gasteiger partial charge on any atom is 0.141 e. The first-order valence-corrected chi connectivity index (χ1v) is 14.8. The van der Waals surface area contributed by atoms with Crippen LogP contribution in [0.25, 0.3) is 0 Å². The van der Waals surface area contributed by atoms with E-state index in [1.807, 2.05) is 6.92 Å². The summed E-state index contributed by atoms with van der Waals surface area (Å²) in [5.74, 6) is 3.25. The Bertz CT molecular complexity index is 751. The van der Waals surface area contributed by atoms with Crippen molar-refractivity contribution in [2.24, 2.45) is 0 Å². The largest absolute Gasteiger partial charge is 0.744 e. The molecule has 0 heterocycles. The monoisotopic (exact) mass is 543 g/mol. The molecule has 0 aromatic heterocycles. The second-order valence-corrected chi connectivity index (χ2v) is 11.1. The van der Waals surface area contributed by atoms with Gasteiger partial charge in [-0.15, -0.1) is 0 Å². The van der Waals surface area contributed by atoms with Gasteiger partial charge in [-0.25, -0.2) is 8.42 Å². The molecule has 1 aromatic carbocycles. The standard InChI is InChI=1S/C20H39BrN.C7H8O3S/c1-4-6-8-10-12-14-18-22(3,20-16-17-21)19-15-13-11-9-7-5-2;1-6-2-4-7(5-3-6)11(8,9)10/h4-15,18-20H2,1-3H3;2-5H,1H3,(H,8,9,10)/q+1;/p-1. The number of hydrogen-bond donors (Lipinski definition) is 0. The van der Waals surface area contributed by atoms with E-state index in [4.69, 9.17) is 0 Å². The Morgan fingerprint density at radius 1 is 0.818 bits per heavy atom. The smallest absolute Gasteiger partial charge is 0.141 e. The second kappa shape index (κ2) is 19.4. The van der Waals surface area contributed by atoms with Gasteiger partial charge in [0.25, 0.3) is 0 Å². The zero-order chi connectivity index (χ0) is 25.0. The summed E-state index contributed by atoms with van der Waals surface area (Å²) in [7, 11) is -1.87. The predicted molar refractivity (Wildman–Crippen MR) is 143 cm³/mol. The topological polar surface area (TPSA) is 57.2 Å². The number of benzene rings is 1. The maximum atomic E-state index is 10.4. The van der Waals surface area contributed by atoms with Crippen LogP contribution in [0, 0.1) is 17.7 Å². The lowest BCUT2D eigenvalue weighted by Gasteiger charge is -2.33. The van der Waals surface area contributed by atoms with Crippen LogP contribution in [0.15, 0.2) is 29.2 Å². The lowest BCUT2D eigenvalue weighted by atomic mass is 10.1. The zero-order valence-electron chi connectivity index (χ0n) is 21.4. The van der Waals surface area contributed by atoms with E-state index < -0.39 is 10.1 Å². The molecule has 0 radical (unpaired) electrons. The summed E-state index contributed by atoms with van der Waals surface area (Å²) in [6.45, 7) is 9.97. The molecular weight excluding hydrogens is 498 g/mol. The van der Waals surface area contributed by atoms with Gasteiger partial charge in [-0.2, -0.15) is 0 Å². The Labute approximate surface area is 213 Å². The Morgan fingerprint density at radius 3 is 1.64 bits per heavy atom. The molecule has 0 bridgehead atoms. The van der Waals surface area contributed by atoms with Gasteiger partial charge in [0.1, 0.15) is 16.7 Å². The third-order valence-electron chi connectivity index (χ3n) is 5.94. The van der Waals surface area contributed by atoms with Crippen LogP contribution in [0.5, 0.6) is 0 Å². The van der Waals surface area contributed by atoms with Gasteiger partial charge < -0.3 is 9.04 Å². The lowest BCUT2D eigenvalue weighted by molar-refractivity contribution is -0.903. The van der Waals surface area contributed by atoms with Crippen LogP contribution in [0.3, 0.4) is 0 Å². The highest BCUT2D eigenvalue weighted by molar-refractivity contribution is 9.12. The van der Waals surface area contributed by atoms with Crippen molar-refractivity contribution in [1.29, 1.82) is 0 Å². The average Bonchev–Trinajstić information content (AvgIpc) is 2.77. The fraction of sp³-hybridized carbons (Fsp3) is 0.704. The van der Waals surface area contributed by atoms with Crippen LogP contribution >= 0.6 is 15.9 Å². The minimum absolute atomic E-state index is 0.178. The van der Waals surface area contributed by atoms with Crippen LogP contribution in [0.1, 0.15) is 96.5 Å². The van der Waals surface area contributed by atoms with E-state index in [2.05, 4.69) is 47.6 Å². The molecular formula is C27H46BrNO3S. The van der Waals surface area contributed by atoms with Gasteiger partial charge in [0, 0.05) is 15.9 Å². The molecule has 0 atom stereocenters. The molecule has 0 aliphatic rings. The van der Waals surface area contributed by atoms with Crippen molar-refractivity contribution in [1.82, 2.24) is 0 Å². The average molecular weight is 545 g/mol. The number of hydrogen-bond acceptors (Lipinski definition) is 3. The van der Waals surface area contributed by atoms with Crippen LogP contribution in [-0.2, 0) is 10.1 Å². The number of quaternary nitrogens is 1. The number of nitrogens with zero attached hydrogens (tertiary/aromatic N) is 1. The highest BCUT2D eigenvalue weighted by atomic mass is 79.9. The lowest BCUT2D eigenvalue weighted by Crippen LogP contribution is -2.45. The first-order chi connectivity index (χ1) is 15.7. The minimum atomic E-state index is -4.27. The molecule has 6 heteroatoms. The third-order valence-corrected chi connectivity index (χ3v) is 7.07. The van der Waals surface area contributed by atoms with E-state index in [1.165, 1.54) is 102 Å². The first kappa shape index (κ1) is 32.1. The summed E-state index contributed by atoms with van der Waals surface area (Å²) in [5, 5.41) is 0. The van der Waals surface area contributed by atoms with Gasteiger partial charge in [-0.3, -0.25) is 0 Å². The minimum Gasteiger partial charge on any atom is -0.744 e. The van der Waals surface area contributed by atoms with Crippen LogP contribution in [-0.4, -0.2) is 44.1 Å². The van der Waals surface area contributed by atoms with E-state index in [-0.39, 0.29) is 4.90 Å². The van der Waals surface area contributed by atoms with E-state index in [1.54, 1.807) is 12.1 Å². The Kier molecular flexibility index (Phi) is 18.9. The van der Waals surface area contributed by atoms with Crippen molar-refractivity contribution < 1.29 is 17.5 Å². The normalized spacial score (nSPS) is 11.3. The molecule has 0 fully saturated rings. The van der Waals surface area contributed by atoms with Crippen molar-refractivity contribution in [2.75, 3.05) is 26.7 Å². The molecule has 33 heavy (non-hydrogen) atoms. The van der Waals surface area contributed by atoms with E-state index in [0.29, 0.717) is 0 Å². The van der Waals surface area contributed by atoms with Crippen molar-refractivity contribution in [3.8, 4) is 10.8 Å². The molecule has 1 aromatic rings. The summed E-state index contributed by atoms with van der Waals surface area (Å²) in [5.41, 5.74) is 0.928. The van der Waals surface area contributed by atoms with Crippen LogP contribution in [0.2, 0.25) is 0 Å². The van der Waals surface area contributed by atoms with Gasteiger partial charge in [0.15, 0.2) is 0 Å². The van der Waals surface area contributed by atoms with Gasteiger partial charge >= 0.3 is 0 Å². The fourth-order valence-electron chi connectivity index (χ4n) is 3.74. The summed E-state index contributed by atoms with van der Waals surface area (Å²) < 4.78 is 32.3. The van der Waals surface area contributed by atoms with E-state index in [9.17, 15) is 13.0 Å². The molecule has 0 saturated heterocycles. The van der Waals surface area contributed by atoms with Crippen molar-refractivity contribution in [3.05, 3.63) is 29.8 Å². The molecule has 0 spiro atoms. The molecule has 190 valence electrons. The maximum absolute atomic E-state index is 10.4.